The molecule has 1 N–H and O–H groups in total. The van der Waals surface area contributed by atoms with Gasteiger partial charge in [0.2, 0.25) is 0 Å². The van der Waals surface area contributed by atoms with Gasteiger partial charge in [0.1, 0.15) is 5.54 Å². The topological polar surface area (TPSA) is 41.6 Å². The number of likely N-dealkylation sites (N-methyl/N-ethyl adjacent to an activating group) is 2. The molecule has 0 radical (unpaired) electrons. The number of nitrogens with one attached hydrogen (secondary N) is 1. The second kappa shape index (κ2) is 6.48. The molecule has 1 aromatic carbocycles. The molecule has 1 aromatic rings. The van der Waals surface area contributed by atoms with E-state index in [0.29, 0.717) is 19.1 Å². The maximum absolute atomic E-state index is 12.5. The summed E-state index contributed by atoms with van der Waals surface area (Å²) in [6.07, 6.45) is 2.17. The molecule has 1 fully saturated rings. The number of ether oxygens (including phenoxy) is 1. The average Bonchev–Trinajstić information content (AvgIpc) is 3.30. The van der Waals surface area contributed by atoms with E-state index in [9.17, 15) is 4.79 Å². The molecule has 4 nitrogen and oxygen atoms in total. The highest BCUT2D eigenvalue weighted by atomic mass is 16.5. The molecule has 1 aliphatic carbocycles. The van der Waals surface area contributed by atoms with Crippen molar-refractivity contribution in [3.05, 3.63) is 29.8 Å². The number of carbonyl (C=O) groups excluding carboxylic acids is 1. The molecule has 0 heterocycles. The smallest absolute Gasteiger partial charge is 0.328 e. The summed E-state index contributed by atoms with van der Waals surface area (Å²) in [6, 6.07) is 8.37. The molecule has 4 heteroatoms. The van der Waals surface area contributed by atoms with Gasteiger partial charge < -0.3 is 15.0 Å². The summed E-state index contributed by atoms with van der Waals surface area (Å²) in [5.41, 5.74) is 1.75. The number of hydrogen-bond donors (Lipinski definition) is 1. The van der Waals surface area contributed by atoms with Crippen molar-refractivity contribution in [3.8, 4) is 0 Å². The molecule has 0 aliphatic heterocycles. The van der Waals surface area contributed by atoms with Gasteiger partial charge in [-0.15, -0.1) is 0 Å². The lowest BCUT2D eigenvalue weighted by molar-refractivity contribution is -0.151. The van der Waals surface area contributed by atoms with Crippen LogP contribution in [-0.2, 0) is 9.53 Å². The van der Waals surface area contributed by atoms with E-state index in [1.165, 1.54) is 5.56 Å². The van der Waals surface area contributed by atoms with E-state index in [1.54, 1.807) is 0 Å². The Balaban J connectivity index is 2.18. The molecule has 21 heavy (non-hydrogen) atoms. The fourth-order valence-electron chi connectivity index (χ4n) is 2.85. The van der Waals surface area contributed by atoms with Crippen molar-refractivity contribution >= 4 is 11.7 Å². The minimum atomic E-state index is -0.602. The lowest BCUT2D eigenvalue weighted by Gasteiger charge is -2.36. The fourth-order valence-corrected chi connectivity index (χ4v) is 2.85. The first-order chi connectivity index (χ1) is 10.0. The van der Waals surface area contributed by atoms with Crippen molar-refractivity contribution in [2.75, 3.05) is 32.1 Å². The van der Waals surface area contributed by atoms with E-state index in [1.807, 2.05) is 21.0 Å². The van der Waals surface area contributed by atoms with Gasteiger partial charge in [-0.25, -0.2) is 4.79 Å². The Morgan fingerprint density at radius 1 is 1.38 bits per heavy atom. The standard InChI is InChI=1S/C17H26N2O2/c1-5-21-16(20)17(18-3,14-8-9-14)12-19(4)15-10-6-13(2)7-11-15/h6-7,10-11,14,18H,5,8-9,12H2,1-4H3. The Morgan fingerprint density at radius 2 is 2.00 bits per heavy atom. The van der Waals surface area contributed by atoms with Crippen molar-refractivity contribution in [2.45, 2.75) is 32.2 Å². The predicted molar refractivity (Wildman–Crippen MR) is 85.6 cm³/mol. The van der Waals surface area contributed by atoms with Crippen molar-refractivity contribution in [2.24, 2.45) is 5.92 Å². The van der Waals surface area contributed by atoms with Crippen LogP contribution in [0.5, 0.6) is 0 Å². The Morgan fingerprint density at radius 3 is 2.48 bits per heavy atom. The summed E-state index contributed by atoms with van der Waals surface area (Å²) >= 11 is 0. The van der Waals surface area contributed by atoms with Crippen LogP contribution in [0.4, 0.5) is 5.69 Å². The summed E-state index contributed by atoms with van der Waals surface area (Å²) in [6.45, 7) is 4.97. The van der Waals surface area contributed by atoms with Crippen LogP contribution in [0.15, 0.2) is 24.3 Å². The number of aryl methyl sites for hydroxylation is 1. The lowest BCUT2D eigenvalue weighted by atomic mass is 9.92. The van der Waals surface area contributed by atoms with Crippen molar-refractivity contribution in [3.63, 3.8) is 0 Å². The average molecular weight is 290 g/mol. The monoisotopic (exact) mass is 290 g/mol. The van der Waals surface area contributed by atoms with E-state index >= 15 is 0 Å². The van der Waals surface area contributed by atoms with Crippen LogP contribution in [0, 0.1) is 12.8 Å². The number of esters is 1. The van der Waals surface area contributed by atoms with Crippen LogP contribution >= 0.6 is 0 Å². The van der Waals surface area contributed by atoms with Gasteiger partial charge in [-0.2, -0.15) is 0 Å². The number of benzene rings is 1. The van der Waals surface area contributed by atoms with E-state index < -0.39 is 5.54 Å². The minimum absolute atomic E-state index is 0.131. The van der Waals surface area contributed by atoms with E-state index in [2.05, 4.69) is 41.4 Å². The summed E-state index contributed by atoms with van der Waals surface area (Å²) < 4.78 is 5.33. The first-order valence-electron chi connectivity index (χ1n) is 7.67. The van der Waals surface area contributed by atoms with Gasteiger partial charge in [0, 0.05) is 19.3 Å². The fraction of sp³-hybridized carbons (Fsp3) is 0.588. The zero-order chi connectivity index (χ0) is 15.5. The van der Waals surface area contributed by atoms with Crippen molar-refractivity contribution in [1.82, 2.24) is 5.32 Å². The van der Waals surface area contributed by atoms with Crippen LogP contribution < -0.4 is 10.2 Å². The van der Waals surface area contributed by atoms with Gasteiger partial charge in [-0.3, -0.25) is 0 Å². The molecular weight excluding hydrogens is 264 g/mol. The molecule has 0 saturated heterocycles. The quantitative estimate of drug-likeness (QED) is 0.783. The Bertz CT molecular complexity index is 482. The van der Waals surface area contributed by atoms with Crippen LogP contribution in [0.3, 0.4) is 0 Å². The van der Waals surface area contributed by atoms with Gasteiger partial charge in [0.15, 0.2) is 0 Å². The Kier molecular flexibility index (Phi) is 4.88. The number of anilines is 1. The van der Waals surface area contributed by atoms with E-state index in [-0.39, 0.29) is 5.97 Å². The highest BCUT2D eigenvalue weighted by molar-refractivity contribution is 5.83. The molecular formula is C17H26N2O2. The molecule has 1 saturated carbocycles. The van der Waals surface area contributed by atoms with Gasteiger partial charge in [-0.05, 0) is 51.8 Å². The predicted octanol–water partition coefficient (Wildman–Crippen LogP) is 2.36. The van der Waals surface area contributed by atoms with Crippen molar-refractivity contribution < 1.29 is 9.53 Å². The molecule has 0 spiro atoms. The van der Waals surface area contributed by atoms with E-state index in [4.69, 9.17) is 4.74 Å². The van der Waals surface area contributed by atoms with Crippen molar-refractivity contribution in [1.29, 1.82) is 0 Å². The van der Waals surface area contributed by atoms with Gasteiger partial charge in [0.05, 0.1) is 6.61 Å². The third kappa shape index (κ3) is 3.38. The summed E-state index contributed by atoms with van der Waals surface area (Å²) in [7, 11) is 3.89. The zero-order valence-electron chi connectivity index (χ0n) is 13.5. The lowest BCUT2D eigenvalue weighted by Crippen LogP contribution is -2.59. The molecule has 0 bridgehead atoms. The molecule has 0 aromatic heterocycles. The largest absolute Gasteiger partial charge is 0.465 e. The molecule has 1 aliphatic rings. The number of rotatable bonds is 7. The van der Waals surface area contributed by atoms with Crippen LogP contribution in [0.25, 0.3) is 0 Å². The highest BCUT2D eigenvalue weighted by Crippen LogP contribution is 2.41. The maximum atomic E-state index is 12.5. The third-order valence-corrected chi connectivity index (χ3v) is 4.32. The van der Waals surface area contributed by atoms with Crippen LogP contribution in [0.1, 0.15) is 25.3 Å². The zero-order valence-corrected chi connectivity index (χ0v) is 13.5. The first kappa shape index (κ1) is 15.8. The molecule has 1 unspecified atom stereocenters. The van der Waals surface area contributed by atoms with E-state index in [0.717, 1.165) is 18.5 Å². The Labute approximate surface area is 127 Å². The first-order valence-corrected chi connectivity index (χ1v) is 7.67. The summed E-state index contributed by atoms with van der Waals surface area (Å²) in [4.78, 5) is 14.6. The number of carbonyl (C=O) groups is 1. The summed E-state index contributed by atoms with van der Waals surface area (Å²) in [5, 5.41) is 3.26. The maximum Gasteiger partial charge on any atom is 0.328 e. The van der Waals surface area contributed by atoms with Gasteiger partial charge in [-0.1, -0.05) is 17.7 Å². The molecule has 2 rings (SSSR count). The summed E-state index contributed by atoms with van der Waals surface area (Å²) in [5.74, 6) is 0.239. The minimum Gasteiger partial charge on any atom is -0.465 e. The SMILES string of the molecule is CCOC(=O)C(CN(C)c1ccc(C)cc1)(NC)C1CC1. The second-order valence-corrected chi connectivity index (χ2v) is 5.91. The molecule has 116 valence electrons. The van der Waals surface area contributed by atoms with Crippen LogP contribution in [0.2, 0.25) is 0 Å². The second-order valence-electron chi connectivity index (χ2n) is 5.91. The number of nitrogens with zero attached hydrogens (tertiary/aromatic N) is 1. The van der Waals surface area contributed by atoms with Gasteiger partial charge >= 0.3 is 5.97 Å². The van der Waals surface area contributed by atoms with Gasteiger partial charge in [0.25, 0.3) is 0 Å². The number of hydrogen-bond acceptors (Lipinski definition) is 4. The Hall–Kier alpha value is -1.55. The van der Waals surface area contributed by atoms with Crippen LogP contribution in [-0.4, -0.2) is 38.8 Å². The third-order valence-electron chi connectivity index (χ3n) is 4.32. The highest BCUT2D eigenvalue weighted by Gasteiger charge is 2.51. The normalized spacial score (nSPS) is 17.1. The molecule has 1 atom stereocenters. The molecule has 0 amide bonds.